The van der Waals surface area contributed by atoms with Crippen LogP contribution in [0.4, 0.5) is 0 Å². The maximum absolute atomic E-state index is 9.92. The van der Waals surface area contributed by atoms with Gasteiger partial charge in [-0.2, -0.15) is 4.98 Å². The maximum atomic E-state index is 9.92. The van der Waals surface area contributed by atoms with E-state index in [4.69, 9.17) is 9.26 Å². The topological polar surface area (TPSA) is 71.6 Å². The average Bonchev–Trinajstić information content (AvgIpc) is 3.13. The highest BCUT2D eigenvalue weighted by Gasteiger charge is 2.37. The normalized spacial score (nSPS) is 22.4. The summed E-state index contributed by atoms with van der Waals surface area (Å²) in [6, 6.07) is 7.83. The van der Waals surface area contributed by atoms with Crippen molar-refractivity contribution >= 4 is 0 Å². The molecule has 0 radical (unpaired) electrons. The fourth-order valence-corrected chi connectivity index (χ4v) is 2.88. The molecule has 1 N–H and O–H groups in total. The molecule has 0 aliphatic carbocycles. The zero-order chi connectivity index (χ0) is 15.7. The molecule has 1 saturated heterocycles. The third-order valence-electron chi connectivity index (χ3n) is 4.06. The van der Waals surface area contributed by atoms with Crippen molar-refractivity contribution < 1.29 is 14.4 Å². The Morgan fingerprint density at radius 2 is 2.05 bits per heavy atom. The molecule has 0 saturated carbocycles. The van der Waals surface area contributed by atoms with Gasteiger partial charge < -0.3 is 14.4 Å². The number of hydrogen-bond acceptors (Lipinski definition) is 6. The van der Waals surface area contributed by atoms with Crippen LogP contribution >= 0.6 is 0 Å². The quantitative estimate of drug-likeness (QED) is 0.934. The van der Waals surface area contributed by atoms with E-state index >= 15 is 0 Å². The van der Waals surface area contributed by atoms with Gasteiger partial charge in [0, 0.05) is 18.2 Å². The van der Waals surface area contributed by atoms with Crippen LogP contribution in [0.2, 0.25) is 0 Å². The summed E-state index contributed by atoms with van der Waals surface area (Å²) in [5.74, 6) is 1.91. The summed E-state index contributed by atoms with van der Waals surface area (Å²) in [7, 11) is 1.63. The lowest BCUT2D eigenvalue weighted by molar-refractivity contribution is 0.150. The number of nitrogens with zero attached hydrogens (tertiary/aromatic N) is 3. The average molecular weight is 303 g/mol. The highest BCUT2D eigenvalue weighted by molar-refractivity contribution is 5.55. The summed E-state index contributed by atoms with van der Waals surface area (Å²) in [6.07, 6.45) is 0.284. The number of rotatable bonds is 4. The van der Waals surface area contributed by atoms with Crippen LogP contribution in [0, 0.1) is 0 Å². The van der Waals surface area contributed by atoms with Crippen LogP contribution in [0.15, 0.2) is 28.8 Å². The van der Waals surface area contributed by atoms with Gasteiger partial charge in [-0.15, -0.1) is 0 Å². The molecule has 6 nitrogen and oxygen atoms in total. The smallest absolute Gasteiger partial charge is 0.244 e. The van der Waals surface area contributed by atoms with E-state index in [1.807, 2.05) is 24.3 Å². The number of hydrogen-bond donors (Lipinski definition) is 1. The maximum Gasteiger partial charge on any atom is 0.244 e. The molecule has 2 aromatic rings. The Bertz CT molecular complexity index is 624. The van der Waals surface area contributed by atoms with Crippen molar-refractivity contribution in [3.63, 3.8) is 0 Å². The minimum absolute atomic E-state index is 0.0190. The van der Waals surface area contributed by atoms with E-state index in [-0.39, 0.29) is 12.1 Å². The van der Waals surface area contributed by atoms with Crippen LogP contribution in [0.5, 0.6) is 5.75 Å². The molecule has 0 spiro atoms. The van der Waals surface area contributed by atoms with Crippen LogP contribution in [0.1, 0.15) is 32.2 Å². The van der Waals surface area contributed by atoms with Crippen molar-refractivity contribution in [2.45, 2.75) is 38.5 Å². The molecular formula is C16H21N3O3. The number of methoxy groups -OCH3 is 1. The second-order valence-corrected chi connectivity index (χ2v) is 5.88. The molecule has 0 bridgehead atoms. The van der Waals surface area contributed by atoms with E-state index in [1.165, 1.54) is 0 Å². The molecule has 22 heavy (non-hydrogen) atoms. The summed E-state index contributed by atoms with van der Waals surface area (Å²) in [5, 5.41) is 14.0. The minimum Gasteiger partial charge on any atom is -0.497 e. The Balaban J connectivity index is 1.83. The van der Waals surface area contributed by atoms with Crippen molar-refractivity contribution in [3.05, 3.63) is 30.2 Å². The number of aliphatic hydroxyl groups is 1. The van der Waals surface area contributed by atoms with E-state index in [0.29, 0.717) is 30.7 Å². The van der Waals surface area contributed by atoms with Gasteiger partial charge in [0.15, 0.2) is 0 Å². The van der Waals surface area contributed by atoms with Gasteiger partial charge in [0.2, 0.25) is 11.7 Å². The van der Waals surface area contributed by atoms with Gasteiger partial charge in [0.05, 0.1) is 19.3 Å². The predicted octanol–water partition coefficient (Wildman–Crippen LogP) is 2.26. The fourth-order valence-electron chi connectivity index (χ4n) is 2.88. The first-order valence-electron chi connectivity index (χ1n) is 7.50. The van der Waals surface area contributed by atoms with Gasteiger partial charge in [-0.05, 0) is 44.5 Å². The molecule has 3 rings (SSSR count). The Kier molecular flexibility index (Phi) is 4.13. The number of aliphatic hydroxyl groups excluding tert-OH is 1. The molecule has 1 aromatic carbocycles. The number of benzene rings is 1. The Morgan fingerprint density at radius 1 is 1.32 bits per heavy atom. The van der Waals surface area contributed by atoms with E-state index in [9.17, 15) is 5.11 Å². The van der Waals surface area contributed by atoms with Gasteiger partial charge in [0.1, 0.15) is 5.75 Å². The van der Waals surface area contributed by atoms with Crippen LogP contribution in [0.25, 0.3) is 11.4 Å². The molecule has 0 unspecified atom stereocenters. The minimum atomic E-state index is -0.344. The highest BCUT2D eigenvalue weighted by Crippen LogP contribution is 2.33. The SMILES string of the molecule is COc1ccc(-c2noc([C@@H]3C[C@@H](O)CN3C(C)C)n2)cc1. The Labute approximate surface area is 129 Å². The van der Waals surface area contributed by atoms with Gasteiger partial charge in [-0.25, -0.2) is 0 Å². The lowest BCUT2D eigenvalue weighted by Gasteiger charge is -2.25. The first kappa shape index (κ1) is 15.0. The second-order valence-electron chi connectivity index (χ2n) is 5.88. The van der Waals surface area contributed by atoms with E-state index < -0.39 is 0 Å². The van der Waals surface area contributed by atoms with Crippen LogP contribution < -0.4 is 4.74 Å². The van der Waals surface area contributed by atoms with Crippen molar-refractivity contribution in [2.75, 3.05) is 13.7 Å². The summed E-state index contributed by atoms with van der Waals surface area (Å²) >= 11 is 0. The van der Waals surface area contributed by atoms with Gasteiger partial charge in [-0.1, -0.05) is 5.16 Å². The van der Waals surface area contributed by atoms with E-state index in [1.54, 1.807) is 7.11 Å². The lowest BCUT2D eigenvalue weighted by atomic mass is 10.2. The third kappa shape index (κ3) is 2.84. The van der Waals surface area contributed by atoms with E-state index in [2.05, 4.69) is 28.9 Å². The van der Waals surface area contributed by atoms with Gasteiger partial charge in [0.25, 0.3) is 0 Å². The number of β-amino-alcohol motifs (C(OH)–C–C–N with tert-alkyl or cyclic N) is 1. The summed E-state index contributed by atoms with van der Waals surface area (Å²) in [6.45, 7) is 4.85. The zero-order valence-electron chi connectivity index (χ0n) is 13.1. The summed E-state index contributed by atoms with van der Waals surface area (Å²) < 4.78 is 10.6. The molecule has 2 heterocycles. The van der Waals surface area contributed by atoms with Crippen molar-refractivity contribution in [3.8, 4) is 17.1 Å². The molecular weight excluding hydrogens is 282 g/mol. The first-order valence-corrected chi connectivity index (χ1v) is 7.50. The number of ether oxygens (including phenoxy) is 1. The lowest BCUT2D eigenvalue weighted by Crippen LogP contribution is -2.31. The standard InChI is InChI=1S/C16H21N3O3/c1-10(2)19-9-12(20)8-14(19)16-17-15(18-22-16)11-4-6-13(21-3)7-5-11/h4-7,10,12,14,20H,8-9H2,1-3H3/t12-,14+/m1/s1. The van der Waals surface area contributed by atoms with Crippen LogP contribution in [-0.2, 0) is 0 Å². The monoisotopic (exact) mass is 303 g/mol. The first-order chi connectivity index (χ1) is 10.6. The van der Waals surface area contributed by atoms with Crippen LogP contribution in [0.3, 0.4) is 0 Å². The summed E-state index contributed by atoms with van der Waals surface area (Å²) in [5.41, 5.74) is 0.880. The largest absolute Gasteiger partial charge is 0.497 e. The molecule has 118 valence electrons. The molecule has 2 atom stereocenters. The van der Waals surface area contributed by atoms with E-state index in [0.717, 1.165) is 11.3 Å². The van der Waals surface area contributed by atoms with Crippen molar-refractivity contribution in [1.82, 2.24) is 15.0 Å². The number of likely N-dealkylation sites (tertiary alicyclic amines) is 1. The summed E-state index contributed by atoms with van der Waals surface area (Å²) in [4.78, 5) is 6.70. The molecule has 1 aromatic heterocycles. The van der Waals surface area contributed by atoms with Crippen LogP contribution in [-0.4, -0.2) is 45.9 Å². The fraction of sp³-hybridized carbons (Fsp3) is 0.500. The Morgan fingerprint density at radius 3 is 2.68 bits per heavy atom. The van der Waals surface area contributed by atoms with Crippen molar-refractivity contribution in [1.29, 1.82) is 0 Å². The van der Waals surface area contributed by atoms with Gasteiger partial charge >= 0.3 is 0 Å². The Hall–Kier alpha value is -1.92. The molecule has 0 amide bonds. The zero-order valence-corrected chi connectivity index (χ0v) is 13.1. The van der Waals surface area contributed by atoms with Crippen molar-refractivity contribution in [2.24, 2.45) is 0 Å². The molecule has 1 aliphatic heterocycles. The predicted molar refractivity (Wildman–Crippen MR) is 81.5 cm³/mol. The molecule has 1 aliphatic rings. The number of aromatic nitrogens is 2. The third-order valence-corrected chi connectivity index (χ3v) is 4.06. The molecule has 6 heteroatoms. The molecule has 1 fully saturated rings. The highest BCUT2D eigenvalue weighted by atomic mass is 16.5. The van der Waals surface area contributed by atoms with Gasteiger partial charge in [-0.3, -0.25) is 4.90 Å². The second kappa shape index (κ2) is 6.06.